The van der Waals surface area contributed by atoms with Crippen molar-refractivity contribution in [1.29, 1.82) is 0 Å². The van der Waals surface area contributed by atoms with Crippen molar-refractivity contribution in [2.45, 2.75) is 18.6 Å². The molecule has 1 atom stereocenters. The van der Waals surface area contributed by atoms with Crippen molar-refractivity contribution in [3.8, 4) is 0 Å². The second-order valence-corrected chi connectivity index (χ2v) is 4.95. The van der Waals surface area contributed by atoms with Crippen LogP contribution in [0.4, 0.5) is 0 Å². The highest BCUT2D eigenvalue weighted by Crippen LogP contribution is 1.92. The van der Waals surface area contributed by atoms with Gasteiger partial charge < -0.3 is 5.32 Å². The van der Waals surface area contributed by atoms with Gasteiger partial charge in [-0.15, -0.1) is 0 Å². The Morgan fingerprint density at radius 3 is 2.54 bits per heavy atom. The summed E-state index contributed by atoms with van der Waals surface area (Å²) in [5, 5.41) is 2.05. The van der Waals surface area contributed by atoms with Crippen LogP contribution in [-0.2, 0) is 14.9 Å². The van der Waals surface area contributed by atoms with Crippen LogP contribution in [0.5, 0.6) is 0 Å². The van der Waals surface area contributed by atoms with Crippen LogP contribution in [0.3, 0.4) is 0 Å². The monoisotopic (exact) mass is 227 g/mol. The van der Waals surface area contributed by atoms with Gasteiger partial charge in [0.15, 0.2) is 0 Å². The van der Waals surface area contributed by atoms with E-state index in [4.69, 9.17) is 4.55 Å². The molecular weight excluding hydrogens is 214 g/mol. The second kappa shape index (κ2) is 5.46. The third-order valence-corrected chi connectivity index (χ3v) is 2.30. The van der Waals surface area contributed by atoms with Crippen molar-refractivity contribution in [3.05, 3.63) is 0 Å². The lowest BCUT2D eigenvalue weighted by Gasteiger charge is -2.05. The van der Waals surface area contributed by atoms with E-state index in [9.17, 15) is 13.2 Å². The van der Waals surface area contributed by atoms with Crippen LogP contribution in [-0.4, -0.2) is 36.4 Å². The Balaban J connectivity index is 3.53. The predicted octanol–water partition coefficient (Wildman–Crippen LogP) is -0.301. The molecule has 0 aliphatic carbocycles. The van der Waals surface area contributed by atoms with Crippen molar-refractivity contribution in [2.24, 2.45) is 0 Å². The van der Waals surface area contributed by atoms with E-state index >= 15 is 0 Å². The summed E-state index contributed by atoms with van der Waals surface area (Å²) in [6.07, 6.45) is 0.199. The number of amides is 1. The second-order valence-electron chi connectivity index (χ2n) is 2.61. The van der Waals surface area contributed by atoms with Gasteiger partial charge in [0.25, 0.3) is 10.1 Å². The third-order valence-electron chi connectivity index (χ3n) is 1.26. The maximum absolute atomic E-state index is 10.9. The molecule has 0 aliphatic heterocycles. The normalized spacial score (nSPS) is 13.8. The molecule has 5 nitrogen and oxygen atoms in total. The van der Waals surface area contributed by atoms with Gasteiger partial charge in [-0.3, -0.25) is 9.35 Å². The molecule has 7 heteroatoms. The van der Waals surface area contributed by atoms with E-state index < -0.39 is 15.4 Å². The van der Waals surface area contributed by atoms with Gasteiger partial charge in [-0.1, -0.05) is 0 Å². The molecule has 0 saturated carbocycles. The Morgan fingerprint density at radius 1 is 1.62 bits per heavy atom. The van der Waals surface area contributed by atoms with E-state index in [-0.39, 0.29) is 24.6 Å². The molecule has 0 spiro atoms. The van der Waals surface area contributed by atoms with Gasteiger partial charge >= 0.3 is 0 Å². The number of thiol groups is 1. The van der Waals surface area contributed by atoms with E-state index in [0.717, 1.165) is 0 Å². The maximum atomic E-state index is 10.9. The Morgan fingerprint density at radius 2 is 2.15 bits per heavy atom. The van der Waals surface area contributed by atoms with E-state index in [0.29, 0.717) is 0 Å². The van der Waals surface area contributed by atoms with E-state index in [1.807, 2.05) is 0 Å². The van der Waals surface area contributed by atoms with Crippen LogP contribution in [0.2, 0.25) is 0 Å². The quantitative estimate of drug-likeness (QED) is 0.342. The first-order chi connectivity index (χ1) is 5.83. The zero-order valence-corrected chi connectivity index (χ0v) is 8.94. The van der Waals surface area contributed by atoms with E-state index in [1.165, 1.54) is 0 Å². The first-order valence-corrected chi connectivity index (χ1v) is 5.86. The first-order valence-electron chi connectivity index (χ1n) is 3.74. The molecule has 0 radical (unpaired) electrons. The van der Waals surface area contributed by atoms with Crippen molar-refractivity contribution < 1.29 is 17.8 Å². The van der Waals surface area contributed by atoms with Gasteiger partial charge in [-0.25, -0.2) is 0 Å². The molecule has 1 amide bonds. The minimum Gasteiger partial charge on any atom is -0.355 e. The molecule has 2 N–H and O–H groups in total. The highest BCUT2D eigenvalue weighted by molar-refractivity contribution is 7.85. The zero-order valence-electron chi connectivity index (χ0n) is 7.23. The summed E-state index contributed by atoms with van der Waals surface area (Å²) in [6, 6.07) is 0. The minimum atomic E-state index is -3.91. The van der Waals surface area contributed by atoms with Crippen molar-refractivity contribution >= 4 is 28.7 Å². The van der Waals surface area contributed by atoms with Crippen LogP contribution in [0.15, 0.2) is 0 Å². The summed E-state index contributed by atoms with van der Waals surface area (Å²) in [7, 11) is -3.91. The lowest BCUT2D eigenvalue weighted by atomic mass is 10.4. The average molecular weight is 227 g/mol. The molecule has 0 aromatic rings. The van der Waals surface area contributed by atoms with Gasteiger partial charge in [-0.05, 0) is 13.3 Å². The molecule has 0 bridgehead atoms. The van der Waals surface area contributed by atoms with Crippen molar-refractivity contribution in [1.82, 2.24) is 5.32 Å². The first kappa shape index (κ1) is 12.7. The Kier molecular flexibility index (Phi) is 5.34. The molecule has 0 rings (SSSR count). The fourth-order valence-electron chi connectivity index (χ4n) is 0.614. The summed E-state index contributed by atoms with van der Waals surface area (Å²) in [4.78, 5) is 10.9. The fourth-order valence-corrected chi connectivity index (χ4v) is 1.21. The number of carbonyl (C=O) groups is 1. The molecule has 0 aliphatic rings. The van der Waals surface area contributed by atoms with Crippen LogP contribution >= 0.6 is 12.6 Å². The van der Waals surface area contributed by atoms with Gasteiger partial charge in [0.05, 0.1) is 11.0 Å². The number of rotatable bonds is 5. The lowest BCUT2D eigenvalue weighted by Crippen LogP contribution is -2.31. The maximum Gasteiger partial charge on any atom is 0.264 e. The predicted molar refractivity (Wildman–Crippen MR) is 52.5 cm³/mol. The molecule has 0 aromatic heterocycles. The van der Waals surface area contributed by atoms with E-state index in [2.05, 4.69) is 17.9 Å². The molecular formula is C6H13NO4S2. The SMILES string of the molecule is CC(S)C(=O)NCCCS(=O)(=O)O. The molecule has 0 saturated heterocycles. The third kappa shape index (κ3) is 8.07. The number of nitrogens with one attached hydrogen (secondary N) is 1. The molecule has 13 heavy (non-hydrogen) atoms. The van der Waals surface area contributed by atoms with Gasteiger partial charge in [0, 0.05) is 6.54 Å². The largest absolute Gasteiger partial charge is 0.355 e. The highest BCUT2D eigenvalue weighted by atomic mass is 32.2. The van der Waals surface area contributed by atoms with E-state index in [1.54, 1.807) is 6.92 Å². The standard InChI is InChI=1S/C6H13NO4S2/c1-5(12)6(8)7-3-2-4-13(9,10)11/h5,12H,2-4H2,1H3,(H,7,8)(H,9,10,11). The average Bonchev–Trinajstić information content (AvgIpc) is 1.95. The Hall–Kier alpha value is -0.270. The molecule has 1 unspecified atom stereocenters. The van der Waals surface area contributed by atoms with Crippen LogP contribution in [0.1, 0.15) is 13.3 Å². The molecule has 0 aromatic carbocycles. The van der Waals surface area contributed by atoms with Crippen LogP contribution < -0.4 is 5.32 Å². The Labute approximate surface area is 83.1 Å². The fraction of sp³-hybridized carbons (Fsp3) is 0.833. The van der Waals surface area contributed by atoms with Gasteiger partial charge in [0.2, 0.25) is 5.91 Å². The Bertz CT molecular complexity index is 260. The summed E-state index contributed by atoms with van der Waals surface area (Å²) < 4.78 is 28.8. The molecule has 0 heterocycles. The summed E-state index contributed by atoms with van der Waals surface area (Å²) in [5.74, 6) is -0.590. The van der Waals surface area contributed by atoms with Crippen molar-refractivity contribution in [3.63, 3.8) is 0 Å². The van der Waals surface area contributed by atoms with Gasteiger partial charge in [-0.2, -0.15) is 21.0 Å². The lowest BCUT2D eigenvalue weighted by molar-refractivity contribution is -0.120. The summed E-state index contributed by atoms with van der Waals surface area (Å²) in [5.41, 5.74) is 0. The topological polar surface area (TPSA) is 83.5 Å². The summed E-state index contributed by atoms with van der Waals surface area (Å²) in [6.45, 7) is 1.84. The van der Waals surface area contributed by atoms with Gasteiger partial charge in [0.1, 0.15) is 0 Å². The van der Waals surface area contributed by atoms with Crippen LogP contribution in [0.25, 0.3) is 0 Å². The van der Waals surface area contributed by atoms with Crippen molar-refractivity contribution in [2.75, 3.05) is 12.3 Å². The molecule has 78 valence electrons. The number of carbonyl (C=O) groups excluding carboxylic acids is 1. The smallest absolute Gasteiger partial charge is 0.264 e. The van der Waals surface area contributed by atoms with Crippen LogP contribution in [0, 0.1) is 0 Å². The summed E-state index contributed by atoms with van der Waals surface area (Å²) >= 11 is 3.87. The highest BCUT2D eigenvalue weighted by Gasteiger charge is 2.07. The zero-order chi connectivity index (χ0) is 10.5. The number of hydrogen-bond donors (Lipinski definition) is 3. The number of hydrogen-bond acceptors (Lipinski definition) is 4. The minimum absolute atomic E-state index is 0.199. The molecule has 0 fully saturated rings.